The highest BCUT2D eigenvalue weighted by Gasteiger charge is 2.10. The summed E-state index contributed by atoms with van der Waals surface area (Å²) in [6.45, 7) is 0. The SMILES string of the molecule is NC(=O)c1ccc(-c2ccc3nc(Cc4nnc(N)o4)sc3c2)cc1. The zero-order chi connectivity index (χ0) is 17.4. The van der Waals surface area contributed by atoms with E-state index >= 15 is 0 Å². The normalized spacial score (nSPS) is 11.0. The predicted octanol–water partition coefficient (Wildman–Crippen LogP) is 2.62. The molecule has 0 radical (unpaired) electrons. The van der Waals surface area contributed by atoms with Crippen molar-refractivity contribution in [3.63, 3.8) is 0 Å². The Morgan fingerprint density at radius 1 is 1.08 bits per heavy atom. The van der Waals surface area contributed by atoms with Crippen molar-refractivity contribution in [2.75, 3.05) is 5.73 Å². The number of fused-ring (bicyclic) bond motifs is 1. The van der Waals surface area contributed by atoms with Crippen LogP contribution in [-0.4, -0.2) is 21.1 Å². The minimum absolute atomic E-state index is 0.0535. The van der Waals surface area contributed by atoms with Crippen LogP contribution in [0.5, 0.6) is 0 Å². The number of hydrogen-bond donors (Lipinski definition) is 2. The average molecular weight is 351 g/mol. The molecule has 7 nitrogen and oxygen atoms in total. The first-order valence-corrected chi connectivity index (χ1v) is 8.28. The summed E-state index contributed by atoms with van der Waals surface area (Å²) in [6.07, 6.45) is 0.451. The number of thiazole rings is 1. The second kappa shape index (κ2) is 5.99. The molecule has 0 aliphatic rings. The molecule has 0 fully saturated rings. The van der Waals surface area contributed by atoms with Gasteiger partial charge in [0, 0.05) is 5.56 Å². The molecule has 124 valence electrons. The Hall–Kier alpha value is -3.26. The molecule has 0 aliphatic heterocycles. The molecule has 4 N–H and O–H groups in total. The number of primary amides is 1. The molecule has 2 aromatic heterocycles. The minimum atomic E-state index is -0.434. The third-order valence-corrected chi connectivity index (χ3v) is 4.74. The lowest BCUT2D eigenvalue weighted by Crippen LogP contribution is -2.10. The summed E-state index contributed by atoms with van der Waals surface area (Å²) in [5.74, 6) is 0.00887. The van der Waals surface area contributed by atoms with Crippen LogP contribution in [0.3, 0.4) is 0 Å². The molecule has 0 saturated carbocycles. The van der Waals surface area contributed by atoms with E-state index in [4.69, 9.17) is 15.9 Å². The van der Waals surface area contributed by atoms with Crippen molar-refractivity contribution in [3.05, 3.63) is 58.9 Å². The van der Waals surface area contributed by atoms with Crippen LogP contribution >= 0.6 is 11.3 Å². The van der Waals surface area contributed by atoms with E-state index in [1.165, 1.54) is 0 Å². The number of hydrogen-bond acceptors (Lipinski definition) is 7. The smallest absolute Gasteiger partial charge is 0.312 e. The van der Waals surface area contributed by atoms with Crippen LogP contribution in [0.15, 0.2) is 46.9 Å². The highest BCUT2D eigenvalue weighted by atomic mass is 32.1. The van der Waals surface area contributed by atoms with Gasteiger partial charge in [-0.25, -0.2) is 4.98 Å². The van der Waals surface area contributed by atoms with Crippen LogP contribution < -0.4 is 11.5 Å². The van der Waals surface area contributed by atoms with Gasteiger partial charge in [-0.15, -0.1) is 16.4 Å². The van der Waals surface area contributed by atoms with Gasteiger partial charge in [0.25, 0.3) is 0 Å². The van der Waals surface area contributed by atoms with E-state index in [0.29, 0.717) is 17.9 Å². The summed E-state index contributed by atoms with van der Waals surface area (Å²) in [4.78, 5) is 15.7. The number of carbonyl (C=O) groups is 1. The predicted molar refractivity (Wildman–Crippen MR) is 95.1 cm³/mol. The molecule has 0 aliphatic carbocycles. The van der Waals surface area contributed by atoms with Gasteiger partial charge in [-0.3, -0.25) is 4.79 Å². The second-order valence-electron chi connectivity index (χ2n) is 5.44. The third kappa shape index (κ3) is 3.07. The van der Waals surface area contributed by atoms with E-state index in [-0.39, 0.29) is 6.01 Å². The maximum atomic E-state index is 11.2. The topological polar surface area (TPSA) is 121 Å². The molecule has 4 rings (SSSR count). The van der Waals surface area contributed by atoms with E-state index in [1.807, 2.05) is 24.3 Å². The zero-order valence-corrected chi connectivity index (χ0v) is 13.8. The van der Waals surface area contributed by atoms with E-state index in [2.05, 4.69) is 21.2 Å². The van der Waals surface area contributed by atoms with E-state index in [1.54, 1.807) is 23.5 Å². The fourth-order valence-electron chi connectivity index (χ4n) is 2.52. The van der Waals surface area contributed by atoms with Gasteiger partial charge in [0.15, 0.2) is 0 Å². The van der Waals surface area contributed by atoms with Crippen molar-refractivity contribution < 1.29 is 9.21 Å². The molecular weight excluding hydrogens is 338 g/mol. The Morgan fingerprint density at radius 2 is 1.84 bits per heavy atom. The van der Waals surface area contributed by atoms with Gasteiger partial charge >= 0.3 is 6.01 Å². The summed E-state index contributed by atoms with van der Waals surface area (Å²) in [6, 6.07) is 13.3. The number of nitrogens with zero attached hydrogens (tertiary/aromatic N) is 3. The van der Waals surface area contributed by atoms with Gasteiger partial charge in [0.1, 0.15) is 5.01 Å². The van der Waals surface area contributed by atoms with Gasteiger partial charge in [0.2, 0.25) is 11.8 Å². The molecule has 8 heteroatoms. The fourth-order valence-corrected chi connectivity index (χ4v) is 3.52. The highest BCUT2D eigenvalue weighted by Crippen LogP contribution is 2.29. The summed E-state index contributed by atoms with van der Waals surface area (Å²) < 4.78 is 6.25. The van der Waals surface area contributed by atoms with Gasteiger partial charge < -0.3 is 15.9 Å². The van der Waals surface area contributed by atoms with E-state index in [0.717, 1.165) is 26.4 Å². The highest BCUT2D eigenvalue weighted by molar-refractivity contribution is 7.18. The van der Waals surface area contributed by atoms with Gasteiger partial charge in [-0.2, -0.15) is 0 Å². The molecular formula is C17H13N5O2S. The summed E-state index contributed by atoms with van der Waals surface area (Å²) in [7, 11) is 0. The second-order valence-corrected chi connectivity index (χ2v) is 6.56. The van der Waals surface area contributed by atoms with Crippen molar-refractivity contribution in [2.24, 2.45) is 5.73 Å². The molecule has 0 spiro atoms. The number of carbonyl (C=O) groups excluding carboxylic acids is 1. The van der Waals surface area contributed by atoms with E-state index in [9.17, 15) is 4.79 Å². The maximum Gasteiger partial charge on any atom is 0.312 e. The van der Waals surface area contributed by atoms with Crippen LogP contribution in [0.1, 0.15) is 21.3 Å². The molecule has 2 heterocycles. The molecule has 2 aromatic carbocycles. The molecule has 0 unspecified atom stereocenters. The lowest BCUT2D eigenvalue weighted by atomic mass is 10.0. The summed E-state index contributed by atoms with van der Waals surface area (Å²) >= 11 is 1.56. The van der Waals surface area contributed by atoms with Crippen LogP contribution in [0.25, 0.3) is 21.3 Å². The van der Waals surface area contributed by atoms with E-state index < -0.39 is 5.91 Å². The zero-order valence-electron chi connectivity index (χ0n) is 13.0. The lowest BCUT2D eigenvalue weighted by Gasteiger charge is -2.02. The molecule has 0 atom stereocenters. The first-order chi connectivity index (χ1) is 12.1. The van der Waals surface area contributed by atoms with Crippen molar-refractivity contribution in [3.8, 4) is 11.1 Å². The molecule has 4 aromatic rings. The Labute approximate surface area is 146 Å². The standard InChI is InChI=1S/C17H13N5O2S/c18-16(23)10-3-1-9(2-4-10)11-5-6-12-13(7-11)25-15(20-12)8-14-21-22-17(19)24-14/h1-7H,8H2,(H2,18,23)(H2,19,22). The number of anilines is 1. The number of benzene rings is 2. The maximum absolute atomic E-state index is 11.2. The third-order valence-electron chi connectivity index (χ3n) is 3.72. The molecule has 1 amide bonds. The fraction of sp³-hybridized carbons (Fsp3) is 0.0588. The van der Waals surface area contributed by atoms with Crippen molar-refractivity contribution in [2.45, 2.75) is 6.42 Å². The Balaban J connectivity index is 1.64. The van der Waals surface area contributed by atoms with Crippen molar-refractivity contribution >= 4 is 33.5 Å². The Morgan fingerprint density at radius 3 is 2.52 bits per heavy atom. The molecule has 25 heavy (non-hydrogen) atoms. The van der Waals surface area contributed by atoms with Crippen molar-refractivity contribution in [1.82, 2.24) is 15.2 Å². The minimum Gasteiger partial charge on any atom is -0.408 e. The quantitative estimate of drug-likeness (QED) is 0.583. The first kappa shape index (κ1) is 15.3. The van der Waals surface area contributed by atoms with Crippen LogP contribution in [-0.2, 0) is 6.42 Å². The van der Waals surface area contributed by atoms with Gasteiger partial charge in [0.05, 0.1) is 16.6 Å². The molecule has 0 bridgehead atoms. The average Bonchev–Trinajstić information content (AvgIpc) is 3.19. The molecule has 0 saturated heterocycles. The Bertz CT molecular complexity index is 1070. The largest absolute Gasteiger partial charge is 0.408 e. The summed E-state index contributed by atoms with van der Waals surface area (Å²) in [5.41, 5.74) is 14.2. The monoisotopic (exact) mass is 351 g/mol. The van der Waals surface area contributed by atoms with Gasteiger partial charge in [-0.05, 0) is 35.4 Å². The van der Waals surface area contributed by atoms with Crippen LogP contribution in [0.4, 0.5) is 6.01 Å². The van der Waals surface area contributed by atoms with Crippen LogP contribution in [0, 0.1) is 0 Å². The number of rotatable bonds is 4. The number of aromatic nitrogens is 3. The first-order valence-electron chi connectivity index (χ1n) is 7.46. The van der Waals surface area contributed by atoms with Crippen molar-refractivity contribution in [1.29, 1.82) is 0 Å². The van der Waals surface area contributed by atoms with Crippen LogP contribution in [0.2, 0.25) is 0 Å². The lowest BCUT2D eigenvalue weighted by molar-refractivity contribution is 0.100. The Kier molecular flexibility index (Phi) is 3.66. The number of nitrogen functional groups attached to an aromatic ring is 1. The number of amides is 1. The number of nitrogens with two attached hydrogens (primary N) is 2. The summed E-state index contributed by atoms with van der Waals surface area (Å²) in [5, 5.41) is 8.38. The van der Waals surface area contributed by atoms with Gasteiger partial charge in [-0.1, -0.05) is 23.3 Å².